The third-order valence-corrected chi connectivity index (χ3v) is 2.88. The van der Waals surface area contributed by atoms with Crippen LogP contribution < -0.4 is 9.47 Å². The number of nitrogens with one attached hydrogen (secondary N) is 1. The van der Waals surface area contributed by atoms with E-state index in [1.54, 1.807) is 19.5 Å². The van der Waals surface area contributed by atoms with Crippen molar-refractivity contribution in [2.45, 2.75) is 6.92 Å². The maximum atomic E-state index is 5.53. The summed E-state index contributed by atoms with van der Waals surface area (Å²) in [5.41, 5.74) is 0.946. The molecule has 0 atom stereocenters. The Bertz CT molecular complexity index is 497. The number of methoxy groups -OCH3 is 1. The molecule has 17 heavy (non-hydrogen) atoms. The van der Waals surface area contributed by atoms with Crippen LogP contribution in [0.25, 0.3) is 11.4 Å². The molecule has 1 heterocycles. The second-order valence-electron chi connectivity index (χ2n) is 3.36. The topological polar surface area (TPSA) is 47.1 Å². The highest BCUT2D eigenvalue weighted by atomic mass is 79.9. The highest BCUT2D eigenvalue weighted by Gasteiger charge is 2.12. The molecular weight excluding hydrogens is 284 g/mol. The average molecular weight is 297 g/mol. The van der Waals surface area contributed by atoms with E-state index in [-0.39, 0.29) is 0 Å². The molecule has 0 fully saturated rings. The fourth-order valence-electron chi connectivity index (χ4n) is 1.56. The Kier molecular flexibility index (Phi) is 3.68. The zero-order chi connectivity index (χ0) is 12.3. The molecule has 2 rings (SSSR count). The van der Waals surface area contributed by atoms with Gasteiger partial charge in [0, 0.05) is 18.0 Å². The van der Waals surface area contributed by atoms with Crippen LogP contribution in [0.3, 0.4) is 0 Å². The first-order valence-corrected chi connectivity index (χ1v) is 6.05. The van der Waals surface area contributed by atoms with Crippen molar-refractivity contribution in [3.05, 3.63) is 29.0 Å². The van der Waals surface area contributed by atoms with Crippen molar-refractivity contribution >= 4 is 15.9 Å². The maximum Gasteiger partial charge on any atom is 0.175 e. The summed E-state index contributed by atoms with van der Waals surface area (Å²) in [5, 5.41) is 0. The van der Waals surface area contributed by atoms with Crippen molar-refractivity contribution in [1.29, 1.82) is 0 Å². The van der Waals surface area contributed by atoms with Gasteiger partial charge in [-0.2, -0.15) is 0 Å². The number of rotatable bonds is 4. The molecule has 5 heteroatoms. The third kappa shape index (κ3) is 2.44. The van der Waals surface area contributed by atoms with Gasteiger partial charge in [-0.3, -0.25) is 0 Å². The van der Waals surface area contributed by atoms with Gasteiger partial charge in [-0.1, -0.05) is 0 Å². The fraction of sp³-hybridized carbons (Fsp3) is 0.250. The summed E-state index contributed by atoms with van der Waals surface area (Å²) in [5.74, 6) is 2.20. The lowest BCUT2D eigenvalue weighted by atomic mass is 10.2. The SMILES string of the molecule is CCOc1c(Br)cc(-c2ncc[nH]2)cc1OC. The fourth-order valence-corrected chi connectivity index (χ4v) is 2.12. The standard InChI is InChI=1S/C12H13BrN2O2/c1-3-17-11-9(13)6-8(7-10(11)16-2)12-14-4-5-15-12/h4-7H,3H2,1-2H3,(H,14,15). The Hall–Kier alpha value is -1.49. The summed E-state index contributed by atoms with van der Waals surface area (Å²) in [6.45, 7) is 2.53. The summed E-state index contributed by atoms with van der Waals surface area (Å²) in [7, 11) is 1.62. The molecule has 0 aliphatic carbocycles. The minimum atomic E-state index is 0.592. The van der Waals surface area contributed by atoms with Crippen LogP contribution in [0.4, 0.5) is 0 Å². The number of hydrogen-bond donors (Lipinski definition) is 1. The number of halogens is 1. The van der Waals surface area contributed by atoms with E-state index in [4.69, 9.17) is 9.47 Å². The molecule has 4 nitrogen and oxygen atoms in total. The number of H-pyrrole nitrogens is 1. The van der Waals surface area contributed by atoms with Crippen molar-refractivity contribution in [2.75, 3.05) is 13.7 Å². The molecule has 0 aliphatic heterocycles. The monoisotopic (exact) mass is 296 g/mol. The van der Waals surface area contributed by atoms with Gasteiger partial charge in [0.15, 0.2) is 11.5 Å². The van der Waals surface area contributed by atoms with Gasteiger partial charge in [-0.25, -0.2) is 4.98 Å². The zero-order valence-electron chi connectivity index (χ0n) is 9.66. The molecule has 1 aromatic carbocycles. The molecule has 0 saturated heterocycles. The minimum Gasteiger partial charge on any atom is -0.493 e. The molecule has 2 aromatic rings. The first kappa shape index (κ1) is 12.0. The molecule has 0 radical (unpaired) electrons. The first-order valence-electron chi connectivity index (χ1n) is 5.26. The smallest absolute Gasteiger partial charge is 0.175 e. The molecule has 0 spiro atoms. The van der Waals surface area contributed by atoms with Crippen LogP contribution in [0, 0.1) is 0 Å². The number of ether oxygens (including phenoxy) is 2. The lowest BCUT2D eigenvalue weighted by molar-refractivity contribution is 0.309. The number of aromatic nitrogens is 2. The number of hydrogen-bond acceptors (Lipinski definition) is 3. The van der Waals surface area contributed by atoms with Gasteiger partial charge in [0.2, 0.25) is 0 Å². The van der Waals surface area contributed by atoms with E-state index in [0.717, 1.165) is 15.9 Å². The Morgan fingerprint density at radius 3 is 2.82 bits per heavy atom. The predicted octanol–water partition coefficient (Wildman–Crippen LogP) is 3.25. The van der Waals surface area contributed by atoms with Gasteiger partial charge in [-0.15, -0.1) is 0 Å². The number of aromatic amines is 1. The Morgan fingerprint density at radius 2 is 2.24 bits per heavy atom. The molecule has 0 aliphatic rings. The largest absolute Gasteiger partial charge is 0.493 e. The van der Waals surface area contributed by atoms with E-state index in [1.807, 2.05) is 19.1 Å². The second-order valence-corrected chi connectivity index (χ2v) is 4.21. The summed E-state index contributed by atoms with van der Waals surface area (Å²) in [6.07, 6.45) is 3.50. The van der Waals surface area contributed by atoms with Crippen LogP contribution in [0.1, 0.15) is 6.92 Å². The van der Waals surface area contributed by atoms with Crippen LogP contribution >= 0.6 is 15.9 Å². The molecular formula is C12H13BrN2O2. The van der Waals surface area contributed by atoms with E-state index in [1.165, 1.54) is 0 Å². The Morgan fingerprint density at radius 1 is 1.41 bits per heavy atom. The van der Waals surface area contributed by atoms with Gasteiger partial charge in [0.05, 0.1) is 18.2 Å². The quantitative estimate of drug-likeness (QED) is 0.942. The Balaban J connectivity index is 2.48. The lowest BCUT2D eigenvalue weighted by Gasteiger charge is -2.12. The summed E-state index contributed by atoms with van der Waals surface area (Å²) < 4.78 is 11.7. The van der Waals surface area contributed by atoms with Crippen molar-refractivity contribution in [2.24, 2.45) is 0 Å². The van der Waals surface area contributed by atoms with Gasteiger partial charge >= 0.3 is 0 Å². The van der Waals surface area contributed by atoms with Crippen molar-refractivity contribution in [3.63, 3.8) is 0 Å². The van der Waals surface area contributed by atoms with Crippen LogP contribution in [0.15, 0.2) is 29.0 Å². The van der Waals surface area contributed by atoms with Crippen LogP contribution in [0.5, 0.6) is 11.5 Å². The van der Waals surface area contributed by atoms with Gasteiger partial charge in [0.1, 0.15) is 5.82 Å². The van der Waals surface area contributed by atoms with E-state index in [9.17, 15) is 0 Å². The van der Waals surface area contributed by atoms with Crippen molar-refractivity contribution in [3.8, 4) is 22.9 Å². The highest BCUT2D eigenvalue weighted by molar-refractivity contribution is 9.10. The number of nitrogens with zero attached hydrogens (tertiary/aromatic N) is 1. The van der Waals surface area contributed by atoms with Crippen LogP contribution in [-0.2, 0) is 0 Å². The highest BCUT2D eigenvalue weighted by Crippen LogP contribution is 2.38. The molecule has 0 amide bonds. The second kappa shape index (κ2) is 5.23. The van der Waals surface area contributed by atoms with Gasteiger partial charge in [0.25, 0.3) is 0 Å². The van der Waals surface area contributed by atoms with E-state index >= 15 is 0 Å². The zero-order valence-corrected chi connectivity index (χ0v) is 11.2. The lowest BCUT2D eigenvalue weighted by Crippen LogP contribution is -1.97. The van der Waals surface area contributed by atoms with E-state index < -0.39 is 0 Å². The molecule has 1 aromatic heterocycles. The number of benzene rings is 1. The third-order valence-electron chi connectivity index (χ3n) is 2.29. The normalized spacial score (nSPS) is 10.3. The molecule has 0 bridgehead atoms. The molecule has 90 valence electrons. The van der Waals surface area contributed by atoms with Gasteiger partial charge < -0.3 is 14.5 Å². The van der Waals surface area contributed by atoms with Crippen molar-refractivity contribution in [1.82, 2.24) is 9.97 Å². The Labute approximate surface area is 108 Å². The van der Waals surface area contributed by atoms with Gasteiger partial charge in [-0.05, 0) is 35.0 Å². The molecule has 1 N–H and O–H groups in total. The predicted molar refractivity (Wildman–Crippen MR) is 69.4 cm³/mol. The van der Waals surface area contributed by atoms with Crippen LogP contribution in [-0.4, -0.2) is 23.7 Å². The van der Waals surface area contributed by atoms with Crippen molar-refractivity contribution < 1.29 is 9.47 Å². The summed E-state index contributed by atoms with van der Waals surface area (Å²) >= 11 is 3.48. The molecule has 0 unspecified atom stereocenters. The van der Waals surface area contributed by atoms with Crippen LogP contribution in [0.2, 0.25) is 0 Å². The average Bonchev–Trinajstić information content (AvgIpc) is 2.85. The summed E-state index contributed by atoms with van der Waals surface area (Å²) in [4.78, 5) is 7.26. The van der Waals surface area contributed by atoms with E-state index in [0.29, 0.717) is 18.1 Å². The minimum absolute atomic E-state index is 0.592. The maximum absolute atomic E-state index is 5.53. The summed E-state index contributed by atoms with van der Waals surface area (Å²) in [6, 6.07) is 3.85. The first-order chi connectivity index (χ1) is 8.26. The van der Waals surface area contributed by atoms with E-state index in [2.05, 4.69) is 25.9 Å². The molecule has 0 saturated carbocycles. The number of imidazole rings is 1.